The monoisotopic (exact) mass is 334 g/mol. The Morgan fingerprint density at radius 2 is 2.13 bits per heavy atom. The van der Waals surface area contributed by atoms with Gasteiger partial charge in [0.2, 0.25) is 0 Å². The van der Waals surface area contributed by atoms with Gasteiger partial charge in [-0.2, -0.15) is 0 Å². The van der Waals surface area contributed by atoms with Gasteiger partial charge in [0, 0.05) is 17.2 Å². The van der Waals surface area contributed by atoms with Crippen LogP contribution in [0.1, 0.15) is 47.6 Å². The van der Waals surface area contributed by atoms with E-state index in [2.05, 4.69) is 4.98 Å². The summed E-state index contributed by atoms with van der Waals surface area (Å²) in [6, 6.07) is 5.07. The summed E-state index contributed by atoms with van der Waals surface area (Å²) in [5.41, 5.74) is 1.95. The van der Waals surface area contributed by atoms with Crippen LogP contribution in [0.25, 0.3) is 10.6 Å². The number of carbonyl (C=O) groups is 1. The summed E-state index contributed by atoms with van der Waals surface area (Å²) < 4.78 is 4.99. The van der Waals surface area contributed by atoms with Crippen molar-refractivity contribution < 1.29 is 14.5 Å². The molecule has 7 heteroatoms. The molecule has 0 fully saturated rings. The second-order valence-electron chi connectivity index (χ2n) is 5.34. The fourth-order valence-corrected chi connectivity index (χ4v) is 3.19. The predicted octanol–water partition coefficient (Wildman–Crippen LogP) is 4.33. The smallest absolute Gasteiger partial charge is 0.350 e. The zero-order chi connectivity index (χ0) is 17.1. The van der Waals surface area contributed by atoms with Crippen molar-refractivity contribution in [3.05, 3.63) is 44.4 Å². The van der Waals surface area contributed by atoms with Crippen molar-refractivity contribution >= 4 is 23.0 Å². The first-order valence-electron chi connectivity index (χ1n) is 7.28. The summed E-state index contributed by atoms with van der Waals surface area (Å²) in [6.45, 7) is 7.58. The molecule has 2 aromatic rings. The maximum atomic E-state index is 11.9. The molecule has 0 radical (unpaired) electrons. The topological polar surface area (TPSA) is 82.3 Å². The van der Waals surface area contributed by atoms with Crippen LogP contribution in [0.5, 0.6) is 0 Å². The largest absolute Gasteiger partial charge is 0.462 e. The molecule has 122 valence electrons. The number of nitro groups is 1. The third-order valence-corrected chi connectivity index (χ3v) is 4.54. The predicted molar refractivity (Wildman–Crippen MR) is 89.0 cm³/mol. The van der Waals surface area contributed by atoms with Crippen molar-refractivity contribution in [2.75, 3.05) is 6.61 Å². The molecular formula is C16H18N2O4S. The molecule has 1 aromatic carbocycles. The highest BCUT2D eigenvalue weighted by Crippen LogP contribution is 2.34. The number of thiazole rings is 1. The van der Waals surface area contributed by atoms with E-state index in [-0.39, 0.29) is 16.5 Å². The first-order valence-corrected chi connectivity index (χ1v) is 8.10. The molecule has 0 aliphatic heterocycles. The van der Waals surface area contributed by atoms with Crippen LogP contribution in [-0.4, -0.2) is 22.5 Å². The SMILES string of the molecule is CCOC(=O)c1sc(-c2ccc(C(C)C)c([N+](=O)[O-])c2)nc1C. The van der Waals surface area contributed by atoms with E-state index in [1.54, 1.807) is 26.0 Å². The van der Waals surface area contributed by atoms with E-state index < -0.39 is 5.97 Å². The highest BCUT2D eigenvalue weighted by Gasteiger charge is 2.21. The molecule has 0 spiro atoms. The van der Waals surface area contributed by atoms with Crippen molar-refractivity contribution in [2.45, 2.75) is 33.6 Å². The van der Waals surface area contributed by atoms with Gasteiger partial charge < -0.3 is 4.74 Å². The first-order chi connectivity index (χ1) is 10.8. The third-order valence-electron chi connectivity index (χ3n) is 3.35. The Morgan fingerprint density at radius 1 is 1.43 bits per heavy atom. The first kappa shape index (κ1) is 17.1. The van der Waals surface area contributed by atoms with Crippen LogP contribution in [0.15, 0.2) is 18.2 Å². The number of aryl methyl sites for hydroxylation is 1. The van der Waals surface area contributed by atoms with Crippen LogP contribution in [0, 0.1) is 17.0 Å². The summed E-state index contributed by atoms with van der Waals surface area (Å²) >= 11 is 1.19. The number of nitrogens with zero attached hydrogens (tertiary/aromatic N) is 2. The zero-order valence-corrected chi connectivity index (χ0v) is 14.3. The number of hydrogen-bond donors (Lipinski definition) is 0. The Morgan fingerprint density at radius 3 is 2.70 bits per heavy atom. The van der Waals surface area contributed by atoms with Gasteiger partial charge in [0.1, 0.15) is 9.88 Å². The van der Waals surface area contributed by atoms with Crippen molar-refractivity contribution in [3.8, 4) is 10.6 Å². The molecule has 0 saturated heterocycles. The molecule has 0 amide bonds. The summed E-state index contributed by atoms with van der Waals surface area (Å²) in [5, 5.41) is 11.9. The standard InChI is InChI=1S/C16H18N2O4S/c1-5-22-16(19)14-10(4)17-15(23-14)11-6-7-12(9(2)3)13(8-11)18(20)21/h6-9H,5H2,1-4H3. The summed E-state index contributed by atoms with van der Waals surface area (Å²) in [7, 11) is 0. The number of hydrogen-bond acceptors (Lipinski definition) is 6. The van der Waals surface area contributed by atoms with Gasteiger partial charge in [-0.15, -0.1) is 11.3 Å². The second-order valence-corrected chi connectivity index (χ2v) is 6.34. The minimum atomic E-state index is -0.415. The fraction of sp³-hybridized carbons (Fsp3) is 0.375. The number of esters is 1. The number of aromatic nitrogens is 1. The molecule has 0 aliphatic carbocycles. The van der Waals surface area contributed by atoms with Crippen LogP contribution in [-0.2, 0) is 4.74 Å². The Balaban J connectivity index is 2.47. The molecule has 6 nitrogen and oxygen atoms in total. The van der Waals surface area contributed by atoms with Crippen molar-refractivity contribution in [1.29, 1.82) is 0 Å². The number of benzene rings is 1. The molecule has 23 heavy (non-hydrogen) atoms. The molecule has 0 saturated carbocycles. The van der Waals surface area contributed by atoms with Crippen molar-refractivity contribution in [3.63, 3.8) is 0 Å². The number of carbonyl (C=O) groups excluding carboxylic acids is 1. The number of ether oxygens (including phenoxy) is 1. The minimum Gasteiger partial charge on any atom is -0.462 e. The van der Waals surface area contributed by atoms with E-state index in [1.807, 2.05) is 13.8 Å². The lowest BCUT2D eigenvalue weighted by Gasteiger charge is -2.07. The van der Waals surface area contributed by atoms with Gasteiger partial charge in [-0.05, 0) is 19.8 Å². The van der Waals surface area contributed by atoms with Gasteiger partial charge in [-0.3, -0.25) is 10.1 Å². The summed E-state index contributed by atoms with van der Waals surface area (Å²) in [6.07, 6.45) is 0. The number of nitro benzene ring substituents is 1. The Labute approximate surface area is 138 Å². The molecular weight excluding hydrogens is 316 g/mol. The average Bonchev–Trinajstić information content (AvgIpc) is 2.88. The van der Waals surface area contributed by atoms with Gasteiger partial charge in [-0.25, -0.2) is 9.78 Å². The second kappa shape index (κ2) is 6.87. The molecule has 0 bridgehead atoms. The van der Waals surface area contributed by atoms with E-state index >= 15 is 0 Å². The fourth-order valence-electron chi connectivity index (χ4n) is 2.23. The molecule has 0 atom stereocenters. The van der Waals surface area contributed by atoms with Gasteiger partial charge in [0.05, 0.1) is 17.2 Å². The van der Waals surface area contributed by atoms with Crippen LogP contribution in [0.4, 0.5) is 5.69 Å². The van der Waals surface area contributed by atoms with Gasteiger partial charge in [0.15, 0.2) is 0 Å². The van der Waals surface area contributed by atoms with Crippen molar-refractivity contribution in [1.82, 2.24) is 4.98 Å². The van der Waals surface area contributed by atoms with Gasteiger partial charge in [-0.1, -0.05) is 26.0 Å². The normalized spacial score (nSPS) is 10.8. The van der Waals surface area contributed by atoms with Crippen LogP contribution in [0.2, 0.25) is 0 Å². The van der Waals surface area contributed by atoms with E-state index in [9.17, 15) is 14.9 Å². The van der Waals surface area contributed by atoms with E-state index in [4.69, 9.17) is 4.74 Å². The Bertz CT molecular complexity index is 753. The third kappa shape index (κ3) is 3.56. The van der Waals surface area contributed by atoms with Gasteiger partial charge >= 0.3 is 5.97 Å². The number of rotatable bonds is 5. The summed E-state index contributed by atoms with van der Waals surface area (Å²) in [4.78, 5) is 27.6. The quantitative estimate of drug-likeness (QED) is 0.462. The lowest BCUT2D eigenvalue weighted by atomic mass is 9.99. The molecule has 0 N–H and O–H groups in total. The lowest BCUT2D eigenvalue weighted by Crippen LogP contribution is -2.03. The lowest BCUT2D eigenvalue weighted by molar-refractivity contribution is -0.385. The van der Waals surface area contributed by atoms with E-state index in [0.29, 0.717) is 33.3 Å². The van der Waals surface area contributed by atoms with Crippen LogP contribution >= 0.6 is 11.3 Å². The molecule has 1 aromatic heterocycles. The zero-order valence-electron chi connectivity index (χ0n) is 13.5. The average molecular weight is 334 g/mol. The molecule has 2 rings (SSSR count). The van der Waals surface area contributed by atoms with E-state index in [0.717, 1.165) is 0 Å². The molecule has 1 heterocycles. The highest BCUT2D eigenvalue weighted by atomic mass is 32.1. The maximum absolute atomic E-state index is 11.9. The maximum Gasteiger partial charge on any atom is 0.350 e. The van der Waals surface area contributed by atoms with E-state index in [1.165, 1.54) is 17.4 Å². The summed E-state index contributed by atoms with van der Waals surface area (Å²) in [5.74, 6) is -0.361. The molecule has 0 unspecified atom stereocenters. The van der Waals surface area contributed by atoms with Crippen molar-refractivity contribution in [2.24, 2.45) is 0 Å². The molecule has 0 aliphatic rings. The Kier molecular flexibility index (Phi) is 5.10. The van der Waals surface area contributed by atoms with Crippen LogP contribution < -0.4 is 0 Å². The highest BCUT2D eigenvalue weighted by molar-refractivity contribution is 7.17. The Hall–Kier alpha value is -2.28. The van der Waals surface area contributed by atoms with Crippen LogP contribution in [0.3, 0.4) is 0 Å². The van der Waals surface area contributed by atoms with Gasteiger partial charge in [0.25, 0.3) is 5.69 Å². The minimum absolute atomic E-state index is 0.0533.